The fourth-order valence-electron chi connectivity index (χ4n) is 3.36. The molecular weight excluding hydrogens is 358 g/mol. The molecule has 1 aliphatic rings. The van der Waals surface area contributed by atoms with Crippen molar-refractivity contribution in [2.45, 2.75) is 6.04 Å². The van der Waals surface area contributed by atoms with Gasteiger partial charge in [0.25, 0.3) is 11.8 Å². The van der Waals surface area contributed by atoms with Crippen molar-refractivity contribution < 1.29 is 19.1 Å². The minimum atomic E-state index is -0.578. The van der Waals surface area contributed by atoms with Gasteiger partial charge in [0, 0.05) is 25.2 Å². The lowest BCUT2D eigenvalue weighted by molar-refractivity contribution is -0.119. The summed E-state index contributed by atoms with van der Waals surface area (Å²) in [6, 6.07) is 15.0. The van der Waals surface area contributed by atoms with Crippen LogP contribution in [0.1, 0.15) is 22.0 Å². The SMILES string of the molecule is COc1cc(C(=O)N2CCN(C)C[C@H]2c2ccccc2)ccc1OCC(N)=O. The van der Waals surface area contributed by atoms with E-state index in [1.165, 1.54) is 7.11 Å². The maximum Gasteiger partial charge on any atom is 0.255 e. The monoisotopic (exact) mass is 383 g/mol. The van der Waals surface area contributed by atoms with Crippen molar-refractivity contribution in [3.63, 3.8) is 0 Å². The van der Waals surface area contributed by atoms with Crippen LogP contribution in [0.25, 0.3) is 0 Å². The number of rotatable bonds is 6. The van der Waals surface area contributed by atoms with Crippen LogP contribution in [0.2, 0.25) is 0 Å². The topological polar surface area (TPSA) is 85.1 Å². The highest BCUT2D eigenvalue weighted by Gasteiger charge is 2.31. The average Bonchev–Trinajstić information content (AvgIpc) is 2.72. The van der Waals surface area contributed by atoms with Gasteiger partial charge in [0.1, 0.15) is 0 Å². The third-order valence-electron chi connectivity index (χ3n) is 4.81. The van der Waals surface area contributed by atoms with Gasteiger partial charge in [-0.3, -0.25) is 9.59 Å². The number of benzene rings is 2. The summed E-state index contributed by atoms with van der Waals surface area (Å²) in [4.78, 5) is 28.3. The van der Waals surface area contributed by atoms with Crippen LogP contribution in [-0.2, 0) is 4.79 Å². The third-order valence-corrected chi connectivity index (χ3v) is 4.81. The number of amides is 2. The van der Waals surface area contributed by atoms with E-state index in [2.05, 4.69) is 11.9 Å². The lowest BCUT2D eigenvalue weighted by atomic mass is 10.0. The van der Waals surface area contributed by atoms with Gasteiger partial charge < -0.3 is 25.0 Å². The van der Waals surface area contributed by atoms with Crippen molar-refractivity contribution >= 4 is 11.8 Å². The summed E-state index contributed by atoms with van der Waals surface area (Å²) in [5.41, 5.74) is 6.74. The van der Waals surface area contributed by atoms with Gasteiger partial charge in [-0.25, -0.2) is 0 Å². The average molecular weight is 383 g/mol. The van der Waals surface area contributed by atoms with Gasteiger partial charge in [0.2, 0.25) is 0 Å². The number of carbonyl (C=O) groups excluding carboxylic acids is 2. The largest absolute Gasteiger partial charge is 0.493 e. The molecule has 0 unspecified atom stereocenters. The molecule has 0 aromatic heterocycles. The second kappa shape index (κ2) is 8.75. The Morgan fingerprint density at radius 3 is 2.54 bits per heavy atom. The summed E-state index contributed by atoms with van der Waals surface area (Å²) in [5.74, 6) is 0.111. The number of primary amides is 1. The van der Waals surface area contributed by atoms with Crippen LogP contribution in [0.15, 0.2) is 48.5 Å². The van der Waals surface area contributed by atoms with Crippen LogP contribution in [0, 0.1) is 0 Å². The first kappa shape index (κ1) is 19.7. The van der Waals surface area contributed by atoms with E-state index >= 15 is 0 Å². The molecule has 1 heterocycles. The smallest absolute Gasteiger partial charge is 0.255 e. The summed E-state index contributed by atoms with van der Waals surface area (Å²) in [6.07, 6.45) is 0. The Morgan fingerprint density at radius 1 is 1.11 bits per heavy atom. The zero-order chi connectivity index (χ0) is 20.1. The van der Waals surface area contributed by atoms with Gasteiger partial charge in [-0.1, -0.05) is 30.3 Å². The lowest BCUT2D eigenvalue weighted by Crippen LogP contribution is -2.49. The predicted octanol–water partition coefficient (Wildman–Crippen LogP) is 1.69. The maximum atomic E-state index is 13.3. The number of likely N-dealkylation sites (N-methyl/N-ethyl adjacent to an activating group) is 1. The van der Waals surface area contributed by atoms with E-state index in [0.29, 0.717) is 23.6 Å². The van der Waals surface area contributed by atoms with E-state index in [9.17, 15) is 9.59 Å². The fraction of sp³-hybridized carbons (Fsp3) is 0.333. The van der Waals surface area contributed by atoms with E-state index in [1.54, 1.807) is 18.2 Å². The van der Waals surface area contributed by atoms with E-state index in [0.717, 1.165) is 18.7 Å². The molecule has 2 amide bonds. The number of carbonyl (C=O) groups is 2. The van der Waals surface area contributed by atoms with Gasteiger partial charge in [0.05, 0.1) is 13.2 Å². The first-order valence-electron chi connectivity index (χ1n) is 9.13. The van der Waals surface area contributed by atoms with Crippen molar-refractivity contribution in [1.82, 2.24) is 9.80 Å². The molecule has 0 bridgehead atoms. The first-order chi connectivity index (χ1) is 13.5. The highest BCUT2D eigenvalue weighted by Crippen LogP contribution is 2.31. The number of ether oxygens (including phenoxy) is 2. The van der Waals surface area contributed by atoms with E-state index in [1.807, 2.05) is 35.2 Å². The minimum absolute atomic E-state index is 0.0239. The van der Waals surface area contributed by atoms with E-state index in [-0.39, 0.29) is 18.6 Å². The molecule has 2 aromatic carbocycles. The first-order valence-corrected chi connectivity index (χ1v) is 9.13. The van der Waals surface area contributed by atoms with Crippen LogP contribution in [0.4, 0.5) is 0 Å². The molecule has 0 saturated carbocycles. The minimum Gasteiger partial charge on any atom is -0.493 e. The van der Waals surface area contributed by atoms with Gasteiger partial charge in [-0.2, -0.15) is 0 Å². The number of piperazine rings is 1. The third kappa shape index (κ3) is 4.43. The summed E-state index contributed by atoms with van der Waals surface area (Å²) >= 11 is 0. The van der Waals surface area contributed by atoms with Crippen LogP contribution in [0.3, 0.4) is 0 Å². The number of methoxy groups -OCH3 is 1. The van der Waals surface area contributed by atoms with Crippen LogP contribution < -0.4 is 15.2 Å². The molecule has 3 rings (SSSR count). The van der Waals surface area contributed by atoms with Gasteiger partial charge >= 0.3 is 0 Å². The molecule has 0 radical (unpaired) electrons. The zero-order valence-electron chi connectivity index (χ0n) is 16.1. The molecule has 1 fully saturated rings. The number of hydrogen-bond donors (Lipinski definition) is 1. The van der Waals surface area contributed by atoms with Gasteiger partial charge in [0.15, 0.2) is 18.1 Å². The molecule has 1 aliphatic heterocycles. The summed E-state index contributed by atoms with van der Waals surface area (Å²) in [7, 11) is 3.55. The second-order valence-electron chi connectivity index (χ2n) is 6.81. The Kier molecular flexibility index (Phi) is 6.16. The predicted molar refractivity (Wildman–Crippen MR) is 105 cm³/mol. The van der Waals surface area contributed by atoms with Crippen LogP contribution in [-0.4, -0.2) is 62.0 Å². The maximum absolute atomic E-state index is 13.3. The molecular formula is C21H25N3O4. The van der Waals surface area contributed by atoms with Crippen molar-refractivity contribution in [2.24, 2.45) is 5.73 Å². The van der Waals surface area contributed by atoms with E-state index < -0.39 is 5.91 Å². The molecule has 0 aliphatic carbocycles. The van der Waals surface area contributed by atoms with Crippen LogP contribution in [0.5, 0.6) is 11.5 Å². The Bertz CT molecular complexity index is 841. The molecule has 0 spiro atoms. The summed E-state index contributed by atoms with van der Waals surface area (Å²) in [5, 5.41) is 0. The Hall–Kier alpha value is -3.06. The quantitative estimate of drug-likeness (QED) is 0.821. The van der Waals surface area contributed by atoms with Crippen molar-refractivity contribution in [1.29, 1.82) is 0 Å². The number of hydrogen-bond acceptors (Lipinski definition) is 5. The highest BCUT2D eigenvalue weighted by atomic mass is 16.5. The van der Waals surface area contributed by atoms with Gasteiger partial charge in [-0.05, 0) is 30.8 Å². The Balaban J connectivity index is 1.86. The standard InChI is InChI=1S/C21H25N3O4/c1-23-10-11-24(17(13-23)15-6-4-3-5-7-15)21(26)16-8-9-18(19(12-16)27-2)28-14-20(22)25/h3-9,12,17H,10-11,13-14H2,1-2H3,(H2,22,25)/t17-/m0/s1. The number of nitrogens with zero attached hydrogens (tertiary/aromatic N) is 2. The molecule has 1 atom stereocenters. The number of nitrogens with two attached hydrogens (primary N) is 1. The normalized spacial score (nSPS) is 17.2. The highest BCUT2D eigenvalue weighted by molar-refractivity contribution is 5.95. The molecule has 7 heteroatoms. The lowest BCUT2D eigenvalue weighted by Gasteiger charge is -2.40. The zero-order valence-corrected chi connectivity index (χ0v) is 16.1. The molecule has 28 heavy (non-hydrogen) atoms. The Labute approximate surface area is 164 Å². The van der Waals surface area contributed by atoms with Crippen molar-refractivity contribution in [2.75, 3.05) is 40.4 Å². The fourth-order valence-corrected chi connectivity index (χ4v) is 3.36. The van der Waals surface area contributed by atoms with Crippen molar-refractivity contribution in [3.05, 3.63) is 59.7 Å². The summed E-state index contributed by atoms with van der Waals surface area (Å²) < 4.78 is 10.7. The van der Waals surface area contributed by atoms with Gasteiger partial charge in [-0.15, -0.1) is 0 Å². The van der Waals surface area contributed by atoms with Crippen molar-refractivity contribution in [3.8, 4) is 11.5 Å². The molecule has 1 saturated heterocycles. The second-order valence-corrected chi connectivity index (χ2v) is 6.81. The molecule has 148 valence electrons. The Morgan fingerprint density at radius 2 is 1.86 bits per heavy atom. The molecule has 7 nitrogen and oxygen atoms in total. The molecule has 2 N–H and O–H groups in total. The van der Waals surface area contributed by atoms with Crippen LogP contribution >= 0.6 is 0 Å². The summed E-state index contributed by atoms with van der Waals surface area (Å²) in [6.45, 7) is 1.97. The van der Waals surface area contributed by atoms with E-state index in [4.69, 9.17) is 15.2 Å². The molecule has 2 aromatic rings.